The van der Waals surface area contributed by atoms with Gasteiger partial charge < -0.3 is 0 Å². The molecule has 0 bridgehead atoms. The van der Waals surface area contributed by atoms with Gasteiger partial charge in [-0.15, -0.1) is 0 Å². The van der Waals surface area contributed by atoms with Crippen LogP contribution in [0.5, 0.6) is 0 Å². The Kier molecular flexibility index (Phi) is 12.2. The highest BCUT2D eigenvalue weighted by molar-refractivity contribution is 8.00. The van der Waals surface area contributed by atoms with Gasteiger partial charge in [-0.3, -0.25) is 5.26 Å². The minimum Gasteiger partial charge on any atom is -0.251 e. The van der Waals surface area contributed by atoms with Gasteiger partial charge in [0.25, 0.3) is 0 Å². The molecule has 1 rings (SSSR count). The molecule has 1 aliphatic rings. The number of hydrogen-bond acceptors (Lipinski definition) is 3. The predicted octanol–water partition coefficient (Wildman–Crippen LogP) is 6.23. The third-order valence-electron chi connectivity index (χ3n) is 4.79. The molecular weight excluding hydrogens is 356 g/mol. The van der Waals surface area contributed by atoms with Gasteiger partial charge in [0, 0.05) is 0 Å². The molecule has 0 aromatic carbocycles. The second-order valence-electron chi connectivity index (χ2n) is 6.87. The topological polar surface area (TPSA) is 29.5 Å². The van der Waals surface area contributed by atoms with Gasteiger partial charge in [-0.2, -0.15) is 11.8 Å². The summed E-state index contributed by atoms with van der Waals surface area (Å²) in [5.41, 5.74) is 0. The lowest BCUT2D eigenvalue weighted by Gasteiger charge is -2.37. The molecule has 150 valence electrons. The van der Waals surface area contributed by atoms with Crippen LogP contribution in [0.2, 0.25) is 0 Å². The summed E-state index contributed by atoms with van der Waals surface area (Å²) in [6.07, 6.45) is 0.460. The van der Waals surface area contributed by atoms with Gasteiger partial charge >= 0.3 is 0 Å². The van der Waals surface area contributed by atoms with Crippen LogP contribution < -0.4 is 0 Å². The Morgan fingerprint density at radius 1 is 0.720 bits per heavy atom. The minimum absolute atomic E-state index is 0.478. The number of rotatable bonds is 13. The summed E-state index contributed by atoms with van der Waals surface area (Å²) in [6, 6.07) is 0. The van der Waals surface area contributed by atoms with Gasteiger partial charge in [0.1, 0.15) is 12.3 Å². The second kappa shape index (κ2) is 13.2. The van der Waals surface area contributed by atoms with Crippen LogP contribution in [0.1, 0.15) is 71.1 Å². The Morgan fingerprint density at radius 3 is 1.60 bits per heavy atom. The summed E-state index contributed by atoms with van der Waals surface area (Å²) in [6.45, 7) is 2.20. The number of halogens is 4. The van der Waals surface area contributed by atoms with Gasteiger partial charge in [0.15, 0.2) is 18.4 Å². The van der Waals surface area contributed by atoms with Crippen molar-refractivity contribution in [2.45, 2.75) is 107 Å². The maximum atomic E-state index is 13.9. The molecular formula is C18H32F4O2S. The Hall–Kier alpha value is -0.0100. The third-order valence-corrected chi connectivity index (χ3v) is 6.22. The van der Waals surface area contributed by atoms with Gasteiger partial charge in [-0.1, -0.05) is 64.7 Å². The van der Waals surface area contributed by atoms with Crippen molar-refractivity contribution in [1.29, 1.82) is 0 Å². The molecule has 1 saturated carbocycles. The molecule has 0 heterocycles. The monoisotopic (exact) mass is 388 g/mol. The van der Waals surface area contributed by atoms with Crippen LogP contribution in [0.25, 0.3) is 0 Å². The van der Waals surface area contributed by atoms with E-state index in [4.69, 9.17) is 5.26 Å². The van der Waals surface area contributed by atoms with Gasteiger partial charge in [-0.05, 0) is 12.2 Å². The van der Waals surface area contributed by atoms with Crippen LogP contribution in [0.15, 0.2) is 0 Å². The molecule has 25 heavy (non-hydrogen) atoms. The fourth-order valence-corrected chi connectivity index (χ4v) is 4.50. The van der Waals surface area contributed by atoms with Crippen molar-refractivity contribution in [3.05, 3.63) is 0 Å². The average molecular weight is 389 g/mol. The lowest BCUT2D eigenvalue weighted by atomic mass is 9.90. The first-order valence-electron chi connectivity index (χ1n) is 9.52. The first-order valence-corrected chi connectivity index (χ1v) is 10.6. The fraction of sp³-hybridized carbons (Fsp3) is 1.00. The quantitative estimate of drug-likeness (QED) is 0.175. The summed E-state index contributed by atoms with van der Waals surface area (Å²) in [5.74, 6) is 0.478. The van der Waals surface area contributed by atoms with Crippen molar-refractivity contribution in [3.63, 3.8) is 0 Å². The predicted molar refractivity (Wildman–Crippen MR) is 95.2 cm³/mol. The van der Waals surface area contributed by atoms with Crippen LogP contribution in [-0.4, -0.2) is 47.1 Å². The van der Waals surface area contributed by atoms with Crippen LogP contribution in [0, 0.1) is 0 Å². The molecule has 0 aromatic rings. The fourth-order valence-electron chi connectivity index (χ4n) is 3.19. The standard InChI is InChI=1S/C18H32F4O2S/c1-2-3-4-5-6-7-8-9-10-11-12-25-18-15(21)13(19)17(24-23)14(20)16(18)22/h13-18,23H,2-12H2,1H3/t13-,14+,15?,16?,17?,18?. The van der Waals surface area contributed by atoms with Crippen LogP contribution in [-0.2, 0) is 4.89 Å². The normalized spacial score (nSPS) is 32.9. The first-order chi connectivity index (χ1) is 12.0. The van der Waals surface area contributed by atoms with E-state index in [1.807, 2.05) is 0 Å². The molecule has 0 spiro atoms. The maximum absolute atomic E-state index is 13.9. The highest BCUT2D eigenvalue weighted by Gasteiger charge is 2.54. The van der Waals surface area contributed by atoms with Gasteiger partial charge in [0.05, 0.1) is 5.25 Å². The largest absolute Gasteiger partial charge is 0.251 e. The molecule has 7 heteroatoms. The zero-order valence-corrected chi connectivity index (χ0v) is 15.8. The highest BCUT2D eigenvalue weighted by atomic mass is 32.2. The number of thioether (sulfide) groups is 1. The van der Waals surface area contributed by atoms with Crippen LogP contribution >= 0.6 is 11.8 Å². The van der Waals surface area contributed by atoms with Crippen molar-refractivity contribution in [3.8, 4) is 0 Å². The molecule has 0 radical (unpaired) electrons. The van der Waals surface area contributed by atoms with E-state index in [1.54, 1.807) is 0 Å². The van der Waals surface area contributed by atoms with Crippen molar-refractivity contribution in [2.75, 3.05) is 5.75 Å². The Bertz CT molecular complexity index is 322. The number of unbranched alkanes of at least 4 members (excludes halogenated alkanes) is 9. The van der Waals surface area contributed by atoms with E-state index < -0.39 is 36.0 Å². The Balaban J connectivity index is 2.11. The molecule has 0 aromatic heterocycles. The Labute approximate surface area is 153 Å². The molecule has 0 saturated heterocycles. The smallest absolute Gasteiger partial charge is 0.165 e. The molecule has 1 N–H and O–H groups in total. The molecule has 1 fully saturated rings. The lowest BCUT2D eigenvalue weighted by molar-refractivity contribution is -0.317. The molecule has 2 nitrogen and oxygen atoms in total. The number of alkyl halides is 4. The van der Waals surface area contributed by atoms with E-state index in [1.165, 1.54) is 38.5 Å². The van der Waals surface area contributed by atoms with Crippen molar-refractivity contribution >= 4 is 11.8 Å². The lowest BCUT2D eigenvalue weighted by Crippen LogP contribution is -2.57. The van der Waals surface area contributed by atoms with E-state index in [0.717, 1.165) is 37.4 Å². The van der Waals surface area contributed by atoms with Gasteiger partial charge in [0.2, 0.25) is 0 Å². The van der Waals surface area contributed by atoms with Crippen LogP contribution in [0.3, 0.4) is 0 Å². The van der Waals surface area contributed by atoms with E-state index in [-0.39, 0.29) is 0 Å². The summed E-state index contributed by atoms with van der Waals surface area (Å²) >= 11 is 0.944. The molecule has 0 aliphatic heterocycles. The minimum atomic E-state index is -2.35. The Morgan fingerprint density at radius 2 is 1.16 bits per heavy atom. The van der Waals surface area contributed by atoms with E-state index >= 15 is 0 Å². The maximum Gasteiger partial charge on any atom is 0.165 e. The third kappa shape index (κ3) is 7.63. The molecule has 1 aliphatic carbocycles. The van der Waals surface area contributed by atoms with Crippen LogP contribution in [0.4, 0.5) is 17.6 Å². The summed E-state index contributed by atoms with van der Waals surface area (Å²) in [5, 5.41) is 7.03. The number of hydrogen-bond donors (Lipinski definition) is 1. The second-order valence-corrected chi connectivity index (χ2v) is 8.15. The van der Waals surface area contributed by atoms with Crippen molar-refractivity contribution in [2.24, 2.45) is 0 Å². The first kappa shape index (κ1) is 23.0. The van der Waals surface area contributed by atoms with E-state index in [0.29, 0.717) is 5.75 Å². The zero-order chi connectivity index (χ0) is 18.7. The molecule has 0 amide bonds. The SMILES string of the molecule is CCCCCCCCCCCCSC1C(F)[C@@H](F)C(OO)[C@@H](F)C1F. The highest BCUT2D eigenvalue weighted by Crippen LogP contribution is 2.38. The molecule has 4 unspecified atom stereocenters. The summed E-state index contributed by atoms with van der Waals surface area (Å²) in [7, 11) is 0. The van der Waals surface area contributed by atoms with E-state index in [2.05, 4.69) is 11.8 Å². The molecule has 6 atom stereocenters. The summed E-state index contributed by atoms with van der Waals surface area (Å²) < 4.78 is 55.1. The summed E-state index contributed by atoms with van der Waals surface area (Å²) in [4.78, 5) is 3.58. The van der Waals surface area contributed by atoms with Gasteiger partial charge in [-0.25, -0.2) is 22.4 Å². The van der Waals surface area contributed by atoms with Crippen molar-refractivity contribution < 1.29 is 27.7 Å². The zero-order valence-electron chi connectivity index (χ0n) is 15.0. The van der Waals surface area contributed by atoms with E-state index in [9.17, 15) is 17.6 Å². The average Bonchev–Trinajstić information content (AvgIpc) is 2.61. The van der Waals surface area contributed by atoms with Crippen molar-refractivity contribution in [1.82, 2.24) is 0 Å².